The van der Waals surface area contributed by atoms with Crippen LogP contribution in [0.1, 0.15) is 25.0 Å². The molecule has 3 atom stereocenters. The van der Waals surface area contributed by atoms with Gasteiger partial charge >= 0.3 is 0 Å². The molecule has 4 nitrogen and oxygen atoms in total. The van der Waals surface area contributed by atoms with Crippen LogP contribution in [0, 0.1) is 6.92 Å². The van der Waals surface area contributed by atoms with E-state index in [1.807, 2.05) is 75.4 Å². The first-order chi connectivity index (χ1) is 12.4. The Bertz CT molecular complexity index is 860. The van der Waals surface area contributed by atoms with Gasteiger partial charge in [-0.25, -0.2) is 8.42 Å². The lowest BCUT2D eigenvalue weighted by Gasteiger charge is -2.40. The van der Waals surface area contributed by atoms with E-state index < -0.39 is 10.0 Å². The number of aryl methyl sites for hydroxylation is 1. The van der Waals surface area contributed by atoms with Gasteiger partial charge in [-0.3, -0.25) is 0 Å². The molecule has 0 aliphatic carbocycles. The molecule has 1 saturated heterocycles. The molecule has 1 aliphatic heterocycles. The van der Waals surface area contributed by atoms with Gasteiger partial charge in [-0.05, 0) is 38.5 Å². The van der Waals surface area contributed by atoms with Crippen LogP contribution >= 0.6 is 0 Å². The molecule has 3 unspecified atom stereocenters. The highest BCUT2D eigenvalue weighted by atomic mass is 32.2. The monoisotopic (exact) mass is 371 g/mol. The third kappa shape index (κ3) is 4.06. The van der Waals surface area contributed by atoms with Gasteiger partial charge in [0, 0.05) is 12.6 Å². The molecule has 0 radical (unpaired) electrons. The van der Waals surface area contributed by atoms with Crippen LogP contribution in [0.5, 0.6) is 0 Å². The van der Waals surface area contributed by atoms with E-state index in [9.17, 15) is 8.42 Å². The van der Waals surface area contributed by atoms with Gasteiger partial charge in [0.25, 0.3) is 0 Å². The number of hydrogen-bond donors (Lipinski definition) is 0. The largest absolute Gasteiger partial charge is 0.368 e. The fourth-order valence-electron chi connectivity index (χ4n) is 3.06. The maximum Gasteiger partial charge on any atom is 0.243 e. The van der Waals surface area contributed by atoms with Crippen LogP contribution in [0.2, 0.25) is 0 Å². The average Bonchev–Trinajstić information content (AvgIpc) is 2.63. The number of benzene rings is 2. The van der Waals surface area contributed by atoms with Crippen molar-refractivity contribution < 1.29 is 13.2 Å². The van der Waals surface area contributed by atoms with E-state index in [1.54, 1.807) is 16.4 Å². The van der Waals surface area contributed by atoms with Crippen molar-refractivity contribution in [3.8, 4) is 0 Å². The fourth-order valence-corrected chi connectivity index (χ4v) is 4.76. The number of morpholine rings is 1. The Balaban J connectivity index is 1.83. The molecule has 1 heterocycles. The molecule has 26 heavy (non-hydrogen) atoms. The summed E-state index contributed by atoms with van der Waals surface area (Å²) in [6, 6.07) is 16.7. The van der Waals surface area contributed by atoms with Crippen molar-refractivity contribution >= 4 is 16.1 Å². The maximum absolute atomic E-state index is 13.1. The molecule has 0 amide bonds. The fraction of sp³-hybridized carbons (Fsp3) is 0.333. The van der Waals surface area contributed by atoms with Crippen LogP contribution in [0.25, 0.3) is 6.08 Å². The van der Waals surface area contributed by atoms with Gasteiger partial charge in [-0.15, -0.1) is 0 Å². The predicted molar refractivity (Wildman–Crippen MR) is 104 cm³/mol. The molecule has 1 fully saturated rings. The summed E-state index contributed by atoms with van der Waals surface area (Å²) in [7, 11) is -3.56. The van der Waals surface area contributed by atoms with Crippen molar-refractivity contribution in [2.75, 3.05) is 6.54 Å². The highest BCUT2D eigenvalue weighted by molar-refractivity contribution is 7.89. The van der Waals surface area contributed by atoms with Gasteiger partial charge in [0.05, 0.1) is 17.1 Å². The van der Waals surface area contributed by atoms with Gasteiger partial charge in [0.15, 0.2) is 0 Å². The zero-order valence-electron chi connectivity index (χ0n) is 15.4. The summed E-state index contributed by atoms with van der Waals surface area (Å²) >= 11 is 0. The van der Waals surface area contributed by atoms with Gasteiger partial charge in [-0.1, -0.05) is 60.2 Å². The number of rotatable bonds is 4. The Morgan fingerprint density at radius 1 is 1.04 bits per heavy atom. The minimum atomic E-state index is -3.56. The Labute approximate surface area is 156 Å². The van der Waals surface area contributed by atoms with Crippen LogP contribution in [0.15, 0.2) is 65.6 Å². The summed E-state index contributed by atoms with van der Waals surface area (Å²) in [4.78, 5) is 0.329. The van der Waals surface area contributed by atoms with E-state index in [2.05, 4.69) is 0 Å². The summed E-state index contributed by atoms with van der Waals surface area (Å²) in [5.41, 5.74) is 2.10. The first-order valence-corrected chi connectivity index (χ1v) is 10.3. The normalized spacial score (nSPS) is 24.8. The maximum atomic E-state index is 13.1. The quantitative estimate of drug-likeness (QED) is 0.819. The van der Waals surface area contributed by atoms with Gasteiger partial charge in [0.1, 0.15) is 0 Å². The Kier molecular flexibility index (Phi) is 5.61. The molecule has 0 saturated carbocycles. The summed E-state index contributed by atoms with van der Waals surface area (Å²) in [6.45, 7) is 6.07. The Morgan fingerprint density at radius 3 is 2.35 bits per heavy atom. The van der Waals surface area contributed by atoms with Crippen molar-refractivity contribution in [2.24, 2.45) is 0 Å². The zero-order valence-corrected chi connectivity index (χ0v) is 16.2. The van der Waals surface area contributed by atoms with Crippen LogP contribution in [-0.2, 0) is 14.8 Å². The predicted octanol–water partition coefficient (Wildman–Crippen LogP) is 3.87. The third-order valence-corrected chi connectivity index (χ3v) is 6.78. The summed E-state index contributed by atoms with van der Waals surface area (Å²) in [6.07, 6.45) is 3.45. The van der Waals surface area contributed by atoms with E-state index in [4.69, 9.17) is 4.74 Å². The smallest absolute Gasteiger partial charge is 0.243 e. The first kappa shape index (κ1) is 18.8. The minimum absolute atomic E-state index is 0.186. The van der Waals surface area contributed by atoms with Crippen molar-refractivity contribution in [1.29, 1.82) is 0 Å². The third-order valence-electron chi connectivity index (χ3n) is 4.81. The molecule has 0 N–H and O–H groups in total. The number of sulfonamides is 1. The van der Waals surface area contributed by atoms with Crippen LogP contribution in [0.4, 0.5) is 0 Å². The highest BCUT2D eigenvalue weighted by Gasteiger charge is 2.38. The molecular weight excluding hydrogens is 346 g/mol. The first-order valence-electron chi connectivity index (χ1n) is 8.85. The molecule has 3 rings (SSSR count). The second kappa shape index (κ2) is 7.74. The SMILES string of the molecule is Cc1ccc(S(=O)(=O)N2CC(/C=C/c3ccccc3)OC(C)C2C)cc1. The van der Waals surface area contributed by atoms with Crippen molar-refractivity contribution in [2.45, 2.75) is 43.9 Å². The van der Waals surface area contributed by atoms with Crippen LogP contribution in [0.3, 0.4) is 0 Å². The van der Waals surface area contributed by atoms with Crippen molar-refractivity contribution in [3.05, 3.63) is 71.8 Å². The van der Waals surface area contributed by atoms with E-state index in [0.29, 0.717) is 11.4 Å². The summed E-state index contributed by atoms with van der Waals surface area (Å²) < 4.78 is 33.8. The Hall–Kier alpha value is -1.95. The van der Waals surface area contributed by atoms with E-state index in [0.717, 1.165) is 11.1 Å². The Morgan fingerprint density at radius 2 is 1.69 bits per heavy atom. The van der Waals surface area contributed by atoms with Gasteiger partial charge < -0.3 is 4.74 Å². The van der Waals surface area contributed by atoms with E-state index in [-0.39, 0.29) is 18.2 Å². The molecule has 5 heteroatoms. The molecule has 2 aromatic carbocycles. The topological polar surface area (TPSA) is 46.6 Å². The standard InChI is InChI=1S/C21H25NO3S/c1-16-9-13-21(14-10-16)26(23,24)22-15-20(25-18(3)17(22)2)12-11-19-7-5-4-6-8-19/h4-14,17-18,20H,15H2,1-3H3/b12-11+. The van der Waals surface area contributed by atoms with Crippen LogP contribution in [-0.4, -0.2) is 37.5 Å². The number of ether oxygens (including phenoxy) is 1. The molecule has 2 aromatic rings. The summed E-state index contributed by atoms with van der Waals surface area (Å²) in [5, 5.41) is 0. The minimum Gasteiger partial charge on any atom is -0.368 e. The van der Waals surface area contributed by atoms with Crippen molar-refractivity contribution in [1.82, 2.24) is 4.31 Å². The molecule has 0 bridgehead atoms. The molecule has 0 spiro atoms. The number of hydrogen-bond acceptors (Lipinski definition) is 3. The number of nitrogens with zero attached hydrogens (tertiary/aromatic N) is 1. The average molecular weight is 372 g/mol. The molecule has 1 aliphatic rings. The molecular formula is C21H25NO3S. The molecule has 138 valence electrons. The van der Waals surface area contributed by atoms with Gasteiger partial charge in [-0.2, -0.15) is 4.31 Å². The van der Waals surface area contributed by atoms with E-state index >= 15 is 0 Å². The van der Waals surface area contributed by atoms with Crippen LogP contribution < -0.4 is 0 Å². The second-order valence-corrected chi connectivity index (χ2v) is 8.67. The lowest BCUT2D eigenvalue weighted by atomic mass is 10.1. The van der Waals surface area contributed by atoms with E-state index in [1.165, 1.54) is 0 Å². The second-order valence-electron chi connectivity index (χ2n) is 6.78. The highest BCUT2D eigenvalue weighted by Crippen LogP contribution is 2.26. The van der Waals surface area contributed by atoms with Crippen molar-refractivity contribution in [3.63, 3.8) is 0 Å². The van der Waals surface area contributed by atoms with Gasteiger partial charge in [0.2, 0.25) is 10.0 Å². The molecule has 0 aromatic heterocycles. The summed E-state index contributed by atoms with van der Waals surface area (Å²) in [5.74, 6) is 0. The zero-order chi connectivity index (χ0) is 18.7. The lowest BCUT2D eigenvalue weighted by molar-refractivity contribution is -0.0588. The lowest BCUT2D eigenvalue weighted by Crippen LogP contribution is -2.54.